The summed E-state index contributed by atoms with van der Waals surface area (Å²) in [7, 11) is 1.55. The number of nitrogens with two attached hydrogens (primary N) is 1. The molecular formula is C32H31N9O2S. The van der Waals surface area contributed by atoms with Crippen molar-refractivity contribution in [2.24, 2.45) is 0 Å². The third kappa shape index (κ3) is 5.31. The molecule has 0 atom stereocenters. The third-order valence-corrected chi connectivity index (χ3v) is 8.70. The third-order valence-electron chi connectivity index (χ3n) is 7.69. The number of para-hydroxylation sites is 1. The Hall–Kier alpha value is -5.36. The van der Waals surface area contributed by atoms with Crippen LogP contribution in [-0.2, 0) is 19.4 Å². The average molecular weight is 606 g/mol. The molecule has 3 heterocycles. The number of nitrogen functional groups attached to an aromatic ring is 1. The standard InChI is InChI=1S/C32H31N9O2S/c1-17-7-4-5-10-23(17)41-21(13-19-9-6-8-18(2)25(19)30(41)42)15-36-29-26(28(34)37-16-38-29)27(33)20-11-12-22-24(14-20)44-32(39-22)40-31(43)35-3/h4-11,13,16,33H,12,14-15H2,1-3H3,(H3,34,36,37,38)(H2,35,39,40,43). The second-order valence-corrected chi connectivity index (χ2v) is 11.6. The summed E-state index contributed by atoms with van der Waals surface area (Å²) in [6.45, 7) is 4.17. The van der Waals surface area contributed by atoms with Crippen LogP contribution in [0, 0.1) is 19.3 Å². The van der Waals surface area contributed by atoms with E-state index in [0.29, 0.717) is 34.7 Å². The number of pyridine rings is 1. The SMILES string of the molecule is CNC(=O)Nc1nc2c(s1)CC(C(=N)c1c(N)ncnc1NCc1cc3cccc(C)c3c(=O)n1-c1ccccc1C)=CC2. The molecule has 0 spiro atoms. The Balaban J connectivity index is 1.33. The number of nitrogens with zero attached hydrogens (tertiary/aromatic N) is 4. The number of aromatic nitrogens is 4. The maximum absolute atomic E-state index is 14.0. The molecule has 6 rings (SSSR count). The fraction of sp³-hybridized carbons (Fsp3) is 0.188. The Morgan fingerprint density at radius 3 is 2.70 bits per heavy atom. The number of carbonyl (C=O) groups excluding carboxylic acids is 1. The van der Waals surface area contributed by atoms with Crippen molar-refractivity contribution in [1.29, 1.82) is 5.41 Å². The van der Waals surface area contributed by atoms with Crippen molar-refractivity contribution in [3.63, 3.8) is 0 Å². The van der Waals surface area contributed by atoms with Gasteiger partial charge in [-0.3, -0.25) is 20.1 Å². The van der Waals surface area contributed by atoms with Gasteiger partial charge in [-0.25, -0.2) is 19.7 Å². The van der Waals surface area contributed by atoms with Crippen LogP contribution in [0.1, 0.15) is 33.0 Å². The highest BCUT2D eigenvalue weighted by atomic mass is 32.1. The van der Waals surface area contributed by atoms with E-state index >= 15 is 0 Å². The normalized spacial score (nSPS) is 12.4. The Labute approximate surface area is 257 Å². The van der Waals surface area contributed by atoms with Crippen LogP contribution in [0.4, 0.5) is 21.6 Å². The first kappa shape index (κ1) is 28.7. The van der Waals surface area contributed by atoms with Gasteiger partial charge in [0, 0.05) is 30.5 Å². The number of allylic oxidation sites excluding steroid dienone is 2. The van der Waals surface area contributed by atoms with E-state index in [2.05, 4.69) is 30.9 Å². The zero-order valence-corrected chi connectivity index (χ0v) is 25.3. The molecule has 2 aromatic carbocycles. The molecule has 12 heteroatoms. The van der Waals surface area contributed by atoms with Crippen LogP contribution in [0.2, 0.25) is 0 Å². The number of rotatable bonds is 7. The predicted octanol–water partition coefficient (Wildman–Crippen LogP) is 4.89. The summed E-state index contributed by atoms with van der Waals surface area (Å²) < 4.78 is 1.74. The van der Waals surface area contributed by atoms with Crippen molar-refractivity contribution in [3.05, 3.63) is 110 Å². The molecule has 1 aliphatic carbocycles. The van der Waals surface area contributed by atoms with Gasteiger partial charge in [-0.2, -0.15) is 0 Å². The molecule has 5 aromatic rings. The zero-order valence-electron chi connectivity index (χ0n) is 24.5. The minimum atomic E-state index is -0.337. The average Bonchev–Trinajstić information content (AvgIpc) is 3.41. The molecular weight excluding hydrogens is 574 g/mol. The minimum absolute atomic E-state index is 0.0973. The van der Waals surface area contributed by atoms with Crippen LogP contribution in [0.3, 0.4) is 0 Å². The van der Waals surface area contributed by atoms with E-state index in [4.69, 9.17) is 11.1 Å². The van der Waals surface area contributed by atoms with Gasteiger partial charge in [0.15, 0.2) is 5.13 Å². The monoisotopic (exact) mass is 605 g/mol. The second-order valence-electron chi connectivity index (χ2n) is 10.5. The van der Waals surface area contributed by atoms with Gasteiger partial charge < -0.3 is 16.4 Å². The van der Waals surface area contributed by atoms with E-state index in [0.717, 1.165) is 44.0 Å². The van der Waals surface area contributed by atoms with Crippen LogP contribution in [0.15, 0.2) is 71.3 Å². The molecule has 0 radical (unpaired) electrons. The summed E-state index contributed by atoms with van der Waals surface area (Å²) in [6, 6.07) is 15.3. The number of nitrogens with one attached hydrogen (secondary N) is 4. The van der Waals surface area contributed by atoms with E-state index < -0.39 is 0 Å². The molecule has 44 heavy (non-hydrogen) atoms. The van der Waals surface area contributed by atoms with Gasteiger partial charge in [0.25, 0.3) is 5.56 Å². The van der Waals surface area contributed by atoms with Gasteiger partial charge >= 0.3 is 6.03 Å². The van der Waals surface area contributed by atoms with Crippen LogP contribution < -0.4 is 27.2 Å². The van der Waals surface area contributed by atoms with Gasteiger partial charge in [0.1, 0.15) is 18.0 Å². The number of thiazole rings is 1. The first-order valence-electron chi connectivity index (χ1n) is 14.1. The second kappa shape index (κ2) is 11.7. The van der Waals surface area contributed by atoms with E-state index in [-0.39, 0.29) is 29.7 Å². The molecule has 0 saturated carbocycles. The first-order valence-corrected chi connectivity index (χ1v) is 14.9. The van der Waals surface area contributed by atoms with Gasteiger partial charge in [-0.1, -0.05) is 42.5 Å². The van der Waals surface area contributed by atoms with Crippen molar-refractivity contribution in [1.82, 2.24) is 24.8 Å². The number of amides is 2. The van der Waals surface area contributed by atoms with Gasteiger partial charge in [-0.15, -0.1) is 11.3 Å². The lowest BCUT2D eigenvalue weighted by molar-refractivity contribution is 0.254. The fourth-order valence-corrected chi connectivity index (χ4v) is 6.47. The van der Waals surface area contributed by atoms with Crippen LogP contribution >= 0.6 is 11.3 Å². The molecule has 1 aliphatic rings. The maximum atomic E-state index is 14.0. The van der Waals surface area contributed by atoms with Gasteiger partial charge in [0.2, 0.25) is 0 Å². The minimum Gasteiger partial charge on any atom is -0.383 e. The lowest BCUT2D eigenvalue weighted by atomic mass is 9.94. The summed E-state index contributed by atoms with van der Waals surface area (Å²) in [4.78, 5) is 39.8. The summed E-state index contributed by atoms with van der Waals surface area (Å²) in [5, 5.41) is 19.8. The predicted molar refractivity (Wildman–Crippen MR) is 175 cm³/mol. The van der Waals surface area contributed by atoms with Crippen molar-refractivity contribution < 1.29 is 4.79 Å². The van der Waals surface area contributed by atoms with E-state index in [1.54, 1.807) is 11.6 Å². The van der Waals surface area contributed by atoms with Crippen molar-refractivity contribution >= 4 is 50.6 Å². The highest BCUT2D eigenvalue weighted by molar-refractivity contribution is 7.16. The molecule has 6 N–H and O–H groups in total. The molecule has 2 amide bonds. The molecule has 0 saturated heterocycles. The molecule has 0 bridgehead atoms. The summed E-state index contributed by atoms with van der Waals surface area (Å²) in [5.41, 5.74) is 11.9. The quantitative estimate of drug-likeness (QED) is 0.165. The number of aryl methyl sites for hydroxylation is 2. The van der Waals surface area contributed by atoms with E-state index in [9.17, 15) is 9.59 Å². The highest BCUT2D eigenvalue weighted by Crippen LogP contribution is 2.32. The zero-order chi connectivity index (χ0) is 31.0. The number of hydrogen-bond donors (Lipinski definition) is 5. The summed E-state index contributed by atoms with van der Waals surface area (Å²) >= 11 is 1.38. The number of anilines is 3. The van der Waals surface area contributed by atoms with E-state index in [1.807, 2.05) is 68.5 Å². The molecule has 3 aromatic heterocycles. The van der Waals surface area contributed by atoms with Gasteiger partial charge in [-0.05, 0) is 48.1 Å². The molecule has 11 nitrogen and oxygen atoms in total. The Morgan fingerprint density at radius 2 is 1.91 bits per heavy atom. The number of hydrogen-bond acceptors (Lipinski definition) is 9. The lowest BCUT2D eigenvalue weighted by Crippen LogP contribution is -2.25. The summed E-state index contributed by atoms with van der Waals surface area (Å²) in [6.07, 6.45) is 4.30. The molecule has 0 unspecified atom stereocenters. The van der Waals surface area contributed by atoms with Crippen molar-refractivity contribution in [2.45, 2.75) is 33.2 Å². The Bertz CT molecular complexity index is 2040. The first-order chi connectivity index (χ1) is 21.2. The van der Waals surface area contributed by atoms with Crippen LogP contribution in [0.5, 0.6) is 0 Å². The number of fused-ring (bicyclic) bond motifs is 2. The Morgan fingerprint density at radius 1 is 1.11 bits per heavy atom. The number of urea groups is 1. The topological polar surface area (TPSA) is 164 Å². The lowest BCUT2D eigenvalue weighted by Gasteiger charge is -2.20. The number of benzene rings is 2. The van der Waals surface area contributed by atoms with Crippen molar-refractivity contribution in [2.75, 3.05) is 23.4 Å². The molecule has 222 valence electrons. The summed E-state index contributed by atoms with van der Waals surface area (Å²) in [5.74, 6) is 0.574. The molecule has 0 fully saturated rings. The van der Waals surface area contributed by atoms with Crippen LogP contribution in [-0.4, -0.2) is 38.3 Å². The van der Waals surface area contributed by atoms with E-state index in [1.165, 1.54) is 17.7 Å². The van der Waals surface area contributed by atoms with Crippen LogP contribution in [0.25, 0.3) is 16.5 Å². The maximum Gasteiger partial charge on any atom is 0.320 e. The smallest absolute Gasteiger partial charge is 0.320 e. The Kier molecular flexibility index (Phi) is 7.66. The largest absolute Gasteiger partial charge is 0.383 e. The number of carbonyl (C=O) groups is 1. The van der Waals surface area contributed by atoms with Gasteiger partial charge in [0.05, 0.1) is 34.6 Å². The molecule has 0 aliphatic heterocycles. The van der Waals surface area contributed by atoms with Crippen molar-refractivity contribution in [3.8, 4) is 5.69 Å². The fourth-order valence-electron chi connectivity index (χ4n) is 5.46. The highest BCUT2D eigenvalue weighted by Gasteiger charge is 2.24.